The Labute approximate surface area is 141 Å². The quantitative estimate of drug-likeness (QED) is 0.354. The van der Waals surface area contributed by atoms with E-state index in [9.17, 15) is 8.42 Å². The van der Waals surface area contributed by atoms with Crippen molar-refractivity contribution in [2.75, 3.05) is 18.8 Å². The van der Waals surface area contributed by atoms with Gasteiger partial charge in [0.05, 0.1) is 11.8 Å². The summed E-state index contributed by atoms with van der Waals surface area (Å²) in [6, 6.07) is 9.89. The maximum atomic E-state index is 11.1. The average molecular weight is 340 g/mol. The van der Waals surface area contributed by atoms with Crippen molar-refractivity contribution >= 4 is 10.1 Å². The zero-order chi connectivity index (χ0) is 17.1. The first-order valence-corrected chi connectivity index (χ1v) is 9.95. The maximum absolute atomic E-state index is 11.1. The van der Waals surface area contributed by atoms with E-state index in [0.29, 0.717) is 6.54 Å². The van der Waals surface area contributed by atoms with Gasteiger partial charge in [-0.15, -0.1) is 6.58 Å². The summed E-state index contributed by atoms with van der Waals surface area (Å²) in [6.07, 6.45) is 7.62. The lowest BCUT2D eigenvalue weighted by atomic mass is 10.0. The Hall–Kier alpha value is -1.17. The topological polar surface area (TPSA) is 57.6 Å². The molecule has 4 nitrogen and oxygen atoms in total. The number of benzene rings is 1. The third kappa shape index (κ3) is 8.30. The van der Waals surface area contributed by atoms with Gasteiger partial charge in [-0.25, -0.2) is 0 Å². The second-order valence-corrected chi connectivity index (χ2v) is 7.40. The van der Waals surface area contributed by atoms with E-state index in [1.54, 1.807) is 0 Å². The van der Waals surface area contributed by atoms with Gasteiger partial charge in [0.25, 0.3) is 10.1 Å². The van der Waals surface area contributed by atoms with Gasteiger partial charge in [0.15, 0.2) is 0 Å². The minimum absolute atomic E-state index is 0.0378. The van der Waals surface area contributed by atoms with Crippen molar-refractivity contribution in [3.05, 3.63) is 48.6 Å². The molecule has 1 aromatic carbocycles. The van der Waals surface area contributed by atoms with Crippen molar-refractivity contribution in [2.24, 2.45) is 0 Å². The standard InChI is InChI=1S/C18H29NO3S/c1-3-5-6-7-11-14-19(15-16-23(20,21)22)18(4-2)17-12-9-8-10-13-17/h4,8-10,12-13,18H,2-3,5-7,11,14-16H2,1H3,(H,20,21,22). The Kier molecular flexibility index (Phi) is 9.14. The molecule has 0 saturated heterocycles. The van der Waals surface area contributed by atoms with Gasteiger partial charge in [0.1, 0.15) is 0 Å². The molecule has 0 aliphatic rings. The first-order chi connectivity index (χ1) is 11.0. The van der Waals surface area contributed by atoms with Crippen LogP contribution in [0.4, 0.5) is 0 Å². The second kappa shape index (κ2) is 10.6. The molecule has 130 valence electrons. The van der Waals surface area contributed by atoms with Crippen molar-refractivity contribution in [1.82, 2.24) is 4.90 Å². The van der Waals surface area contributed by atoms with E-state index >= 15 is 0 Å². The van der Waals surface area contributed by atoms with Gasteiger partial charge in [-0.3, -0.25) is 9.45 Å². The first-order valence-electron chi connectivity index (χ1n) is 8.34. The van der Waals surface area contributed by atoms with Crippen LogP contribution in [0.25, 0.3) is 0 Å². The molecule has 5 heteroatoms. The molecule has 0 aliphatic heterocycles. The highest BCUT2D eigenvalue weighted by atomic mass is 32.2. The van der Waals surface area contributed by atoms with Crippen LogP contribution in [0.2, 0.25) is 0 Å². The zero-order valence-corrected chi connectivity index (χ0v) is 14.8. The number of hydrogen-bond donors (Lipinski definition) is 1. The Morgan fingerprint density at radius 2 is 1.78 bits per heavy atom. The average Bonchev–Trinajstić information content (AvgIpc) is 2.52. The fourth-order valence-electron chi connectivity index (χ4n) is 2.69. The van der Waals surface area contributed by atoms with Crippen LogP contribution in [0.15, 0.2) is 43.0 Å². The number of nitrogens with zero attached hydrogens (tertiary/aromatic N) is 1. The molecule has 0 aliphatic carbocycles. The third-order valence-electron chi connectivity index (χ3n) is 3.94. The molecule has 0 saturated carbocycles. The summed E-state index contributed by atoms with van der Waals surface area (Å²) in [5.41, 5.74) is 1.09. The monoisotopic (exact) mass is 339 g/mol. The fourth-order valence-corrected chi connectivity index (χ4v) is 3.15. The molecule has 0 heterocycles. The van der Waals surface area contributed by atoms with Crippen LogP contribution >= 0.6 is 0 Å². The van der Waals surface area contributed by atoms with Crippen molar-refractivity contribution in [3.63, 3.8) is 0 Å². The Morgan fingerprint density at radius 1 is 1.13 bits per heavy atom. The van der Waals surface area contributed by atoms with E-state index in [0.717, 1.165) is 24.9 Å². The zero-order valence-electron chi connectivity index (χ0n) is 14.0. The predicted octanol–water partition coefficient (Wildman–Crippen LogP) is 4.07. The molecule has 1 unspecified atom stereocenters. The van der Waals surface area contributed by atoms with Crippen molar-refractivity contribution < 1.29 is 13.0 Å². The molecule has 0 fully saturated rings. The molecule has 0 radical (unpaired) electrons. The van der Waals surface area contributed by atoms with Gasteiger partial charge < -0.3 is 0 Å². The fraction of sp³-hybridized carbons (Fsp3) is 0.556. The van der Waals surface area contributed by atoms with Gasteiger partial charge in [-0.05, 0) is 18.5 Å². The summed E-state index contributed by atoms with van der Waals surface area (Å²) in [5.74, 6) is -0.251. The Morgan fingerprint density at radius 3 is 2.35 bits per heavy atom. The van der Waals surface area contributed by atoms with E-state index in [4.69, 9.17) is 4.55 Å². The van der Waals surface area contributed by atoms with Crippen LogP contribution in [0.5, 0.6) is 0 Å². The lowest BCUT2D eigenvalue weighted by Crippen LogP contribution is -2.33. The minimum Gasteiger partial charge on any atom is -0.292 e. The van der Waals surface area contributed by atoms with Gasteiger partial charge in [0.2, 0.25) is 0 Å². The normalized spacial score (nSPS) is 13.2. The van der Waals surface area contributed by atoms with Gasteiger partial charge in [-0.1, -0.05) is 69.0 Å². The Bertz CT molecular complexity index is 543. The lowest BCUT2D eigenvalue weighted by molar-refractivity contribution is 0.237. The largest absolute Gasteiger partial charge is 0.292 e. The van der Waals surface area contributed by atoms with Crippen molar-refractivity contribution in [2.45, 2.75) is 45.1 Å². The van der Waals surface area contributed by atoms with Crippen LogP contribution in [-0.2, 0) is 10.1 Å². The molecule has 1 rings (SSSR count). The molecule has 1 atom stereocenters. The minimum atomic E-state index is -3.96. The lowest BCUT2D eigenvalue weighted by Gasteiger charge is -2.29. The molecular formula is C18H29NO3S. The Balaban J connectivity index is 2.73. The highest BCUT2D eigenvalue weighted by molar-refractivity contribution is 7.85. The molecule has 0 amide bonds. The number of unbranched alkanes of at least 4 members (excludes halogenated alkanes) is 4. The van der Waals surface area contributed by atoms with Gasteiger partial charge in [-0.2, -0.15) is 8.42 Å². The van der Waals surface area contributed by atoms with E-state index in [-0.39, 0.29) is 11.8 Å². The third-order valence-corrected chi connectivity index (χ3v) is 4.64. The smallest absolute Gasteiger partial charge is 0.266 e. The summed E-state index contributed by atoms with van der Waals surface area (Å²) in [4.78, 5) is 2.09. The molecule has 0 spiro atoms. The SMILES string of the molecule is C=CC(c1ccccc1)N(CCCCCCC)CCS(=O)(=O)O. The molecule has 0 bridgehead atoms. The molecule has 0 aromatic heterocycles. The van der Waals surface area contributed by atoms with Crippen LogP contribution < -0.4 is 0 Å². The predicted molar refractivity (Wildman–Crippen MR) is 96.1 cm³/mol. The van der Waals surface area contributed by atoms with E-state index in [1.165, 1.54) is 19.3 Å². The molecule has 23 heavy (non-hydrogen) atoms. The highest BCUT2D eigenvalue weighted by Gasteiger charge is 2.19. The van der Waals surface area contributed by atoms with E-state index in [1.807, 2.05) is 36.4 Å². The van der Waals surface area contributed by atoms with Gasteiger partial charge >= 0.3 is 0 Å². The highest BCUT2D eigenvalue weighted by Crippen LogP contribution is 2.22. The number of rotatable bonds is 12. The second-order valence-electron chi connectivity index (χ2n) is 5.83. The van der Waals surface area contributed by atoms with E-state index in [2.05, 4.69) is 18.4 Å². The summed E-state index contributed by atoms with van der Waals surface area (Å²) in [5, 5.41) is 0. The number of hydrogen-bond acceptors (Lipinski definition) is 3. The summed E-state index contributed by atoms with van der Waals surface area (Å²) in [6.45, 7) is 7.19. The molecule has 1 N–H and O–H groups in total. The molecular weight excluding hydrogens is 310 g/mol. The van der Waals surface area contributed by atoms with Crippen LogP contribution in [0.3, 0.4) is 0 Å². The van der Waals surface area contributed by atoms with Crippen LogP contribution in [-0.4, -0.2) is 36.7 Å². The van der Waals surface area contributed by atoms with Gasteiger partial charge in [0, 0.05) is 6.54 Å². The summed E-state index contributed by atoms with van der Waals surface area (Å²) in [7, 11) is -3.96. The summed E-state index contributed by atoms with van der Waals surface area (Å²) < 4.78 is 31.3. The maximum Gasteiger partial charge on any atom is 0.266 e. The van der Waals surface area contributed by atoms with Crippen molar-refractivity contribution in [3.8, 4) is 0 Å². The van der Waals surface area contributed by atoms with Crippen LogP contribution in [0, 0.1) is 0 Å². The van der Waals surface area contributed by atoms with Crippen molar-refractivity contribution in [1.29, 1.82) is 0 Å². The first kappa shape index (κ1) is 19.9. The van der Waals surface area contributed by atoms with E-state index < -0.39 is 10.1 Å². The molecule has 1 aromatic rings. The summed E-state index contributed by atoms with van der Waals surface area (Å²) >= 11 is 0. The van der Waals surface area contributed by atoms with Crippen LogP contribution in [0.1, 0.15) is 50.6 Å².